The van der Waals surface area contributed by atoms with Crippen LogP contribution in [-0.2, 0) is 4.79 Å². The largest absolute Gasteiger partial charge is 0.480 e. The molecule has 17 heavy (non-hydrogen) atoms. The molecule has 0 spiro atoms. The topological polar surface area (TPSA) is 89.9 Å². The summed E-state index contributed by atoms with van der Waals surface area (Å²) in [6.07, 6.45) is 2.30. The standard InChI is InChI=1S/C11H18N2O4/c1-11(3-2-4-11)12-10(17)13-6-7(14)5-8(13)9(15)16/h7-8,14H,2-6H2,1H3,(H,12,17)(H,15,16)/t7?,8-/m0/s1. The lowest BCUT2D eigenvalue weighted by Gasteiger charge is -2.40. The summed E-state index contributed by atoms with van der Waals surface area (Å²) >= 11 is 0. The summed E-state index contributed by atoms with van der Waals surface area (Å²) < 4.78 is 0. The number of β-amino-alcohol motifs (C(OH)–C–C–N with tert-alkyl or cyclic N) is 1. The van der Waals surface area contributed by atoms with Crippen molar-refractivity contribution in [2.75, 3.05) is 6.54 Å². The van der Waals surface area contributed by atoms with Crippen molar-refractivity contribution in [3.05, 3.63) is 0 Å². The first-order valence-corrected chi connectivity index (χ1v) is 5.91. The second-order valence-electron chi connectivity index (χ2n) is 5.24. The summed E-state index contributed by atoms with van der Waals surface area (Å²) in [5.41, 5.74) is -0.201. The Morgan fingerprint density at radius 1 is 1.41 bits per heavy atom. The molecule has 0 aromatic carbocycles. The predicted molar refractivity (Wildman–Crippen MR) is 59.5 cm³/mol. The lowest BCUT2D eigenvalue weighted by molar-refractivity contribution is -0.141. The van der Waals surface area contributed by atoms with Gasteiger partial charge in [0.05, 0.1) is 6.10 Å². The zero-order chi connectivity index (χ0) is 12.6. The van der Waals surface area contributed by atoms with Crippen molar-refractivity contribution >= 4 is 12.0 Å². The normalized spacial score (nSPS) is 30.8. The summed E-state index contributed by atoms with van der Waals surface area (Å²) in [7, 11) is 0. The van der Waals surface area contributed by atoms with E-state index < -0.39 is 18.1 Å². The third-order valence-corrected chi connectivity index (χ3v) is 3.69. The lowest BCUT2D eigenvalue weighted by Crippen LogP contribution is -2.57. The van der Waals surface area contributed by atoms with Crippen LogP contribution in [0.1, 0.15) is 32.6 Å². The first-order chi connectivity index (χ1) is 7.91. The quantitative estimate of drug-likeness (QED) is 0.643. The fourth-order valence-electron chi connectivity index (χ4n) is 2.43. The van der Waals surface area contributed by atoms with Gasteiger partial charge in [-0.15, -0.1) is 0 Å². The van der Waals surface area contributed by atoms with E-state index in [4.69, 9.17) is 5.11 Å². The maximum Gasteiger partial charge on any atom is 0.326 e. The number of rotatable bonds is 2. The molecule has 2 atom stereocenters. The number of aliphatic carboxylic acids is 1. The Hall–Kier alpha value is -1.30. The van der Waals surface area contributed by atoms with Gasteiger partial charge in [-0.1, -0.05) is 0 Å². The molecule has 3 N–H and O–H groups in total. The van der Waals surface area contributed by atoms with Gasteiger partial charge in [-0.25, -0.2) is 9.59 Å². The number of likely N-dealkylation sites (tertiary alicyclic amines) is 1. The third kappa shape index (κ3) is 2.36. The number of hydrogen-bond donors (Lipinski definition) is 3. The number of carboxylic acids is 1. The summed E-state index contributed by atoms with van der Waals surface area (Å²) in [5, 5.41) is 21.3. The minimum Gasteiger partial charge on any atom is -0.480 e. The SMILES string of the molecule is CC1(NC(=O)N2CC(O)C[C@H]2C(=O)O)CCC1. The second-order valence-corrected chi connectivity index (χ2v) is 5.24. The molecule has 0 aromatic heterocycles. The number of aliphatic hydroxyl groups is 1. The molecule has 1 unspecified atom stereocenters. The highest BCUT2D eigenvalue weighted by atomic mass is 16.4. The zero-order valence-electron chi connectivity index (χ0n) is 9.85. The van der Waals surface area contributed by atoms with E-state index in [2.05, 4.69) is 5.32 Å². The van der Waals surface area contributed by atoms with Gasteiger partial charge in [0.2, 0.25) is 0 Å². The van der Waals surface area contributed by atoms with Crippen LogP contribution < -0.4 is 5.32 Å². The fraction of sp³-hybridized carbons (Fsp3) is 0.818. The summed E-state index contributed by atoms with van der Waals surface area (Å²) in [4.78, 5) is 24.2. The van der Waals surface area contributed by atoms with Crippen LogP contribution in [0.2, 0.25) is 0 Å². The molecule has 2 rings (SSSR count). The average Bonchev–Trinajstić information content (AvgIpc) is 2.58. The van der Waals surface area contributed by atoms with Crippen LogP contribution in [0.5, 0.6) is 0 Å². The van der Waals surface area contributed by atoms with Crippen LogP contribution in [0, 0.1) is 0 Å². The Labute approximate surface area is 99.6 Å². The molecule has 2 aliphatic rings. The lowest BCUT2D eigenvalue weighted by atomic mass is 9.79. The van der Waals surface area contributed by atoms with E-state index in [9.17, 15) is 14.7 Å². The van der Waals surface area contributed by atoms with Gasteiger partial charge in [0.1, 0.15) is 6.04 Å². The summed E-state index contributed by atoms with van der Waals surface area (Å²) in [5.74, 6) is -1.06. The van der Waals surface area contributed by atoms with Gasteiger partial charge < -0.3 is 20.4 Å². The number of carbonyl (C=O) groups is 2. The molecule has 1 aliphatic carbocycles. The van der Waals surface area contributed by atoms with Crippen LogP contribution in [-0.4, -0.2) is 51.3 Å². The van der Waals surface area contributed by atoms with E-state index in [1.807, 2.05) is 6.92 Å². The van der Waals surface area contributed by atoms with Crippen molar-refractivity contribution in [1.82, 2.24) is 10.2 Å². The minimum absolute atomic E-state index is 0.0961. The van der Waals surface area contributed by atoms with Crippen LogP contribution >= 0.6 is 0 Å². The number of aliphatic hydroxyl groups excluding tert-OH is 1. The minimum atomic E-state index is -1.06. The molecule has 2 amide bonds. The van der Waals surface area contributed by atoms with Crippen molar-refractivity contribution < 1.29 is 19.8 Å². The Bertz CT molecular complexity index is 340. The number of carbonyl (C=O) groups excluding carboxylic acids is 1. The molecule has 1 aliphatic heterocycles. The maximum absolute atomic E-state index is 12.0. The van der Waals surface area contributed by atoms with Crippen molar-refractivity contribution in [3.63, 3.8) is 0 Å². The number of carboxylic acid groups (broad SMARTS) is 1. The summed E-state index contributed by atoms with van der Waals surface area (Å²) in [6, 6.07) is -1.29. The molecule has 1 saturated heterocycles. The van der Waals surface area contributed by atoms with Crippen LogP contribution in [0.3, 0.4) is 0 Å². The second kappa shape index (κ2) is 4.18. The van der Waals surface area contributed by atoms with Crippen molar-refractivity contribution in [3.8, 4) is 0 Å². The van der Waals surface area contributed by atoms with Gasteiger partial charge in [0, 0.05) is 18.5 Å². The van der Waals surface area contributed by atoms with E-state index >= 15 is 0 Å². The van der Waals surface area contributed by atoms with Crippen LogP contribution in [0.4, 0.5) is 4.79 Å². The Kier molecular flexibility index (Phi) is 2.99. The highest BCUT2D eigenvalue weighted by molar-refractivity contribution is 5.83. The molecule has 2 fully saturated rings. The molecule has 0 bridgehead atoms. The van der Waals surface area contributed by atoms with E-state index in [0.717, 1.165) is 19.3 Å². The number of urea groups is 1. The maximum atomic E-state index is 12.0. The van der Waals surface area contributed by atoms with Gasteiger partial charge in [-0.3, -0.25) is 0 Å². The molecular weight excluding hydrogens is 224 g/mol. The van der Waals surface area contributed by atoms with E-state index in [1.165, 1.54) is 4.90 Å². The number of nitrogens with zero attached hydrogens (tertiary/aromatic N) is 1. The number of hydrogen-bond acceptors (Lipinski definition) is 3. The summed E-state index contributed by atoms with van der Waals surface area (Å²) in [6.45, 7) is 2.05. The van der Waals surface area contributed by atoms with Crippen LogP contribution in [0.25, 0.3) is 0 Å². The molecule has 96 valence electrons. The van der Waals surface area contributed by atoms with E-state index in [1.54, 1.807) is 0 Å². The number of amides is 2. The van der Waals surface area contributed by atoms with Gasteiger partial charge in [-0.05, 0) is 26.2 Å². The Balaban J connectivity index is 2.00. The highest BCUT2D eigenvalue weighted by Gasteiger charge is 2.42. The molecular formula is C11H18N2O4. The van der Waals surface area contributed by atoms with Crippen molar-refractivity contribution in [2.24, 2.45) is 0 Å². The molecule has 1 saturated carbocycles. The van der Waals surface area contributed by atoms with Crippen LogP contribution in [0.15, 0.2) is 0 Å². The zero-order valence-corrected chi connectivity index (χ0v) is 9.85. The number of nitrogens with one attached hydrogen (secondary N) is 1. The first-order valence-electron chi connectivity index (χ1n) is 5.91. The van der Waals surface area contributed by atoms with Gasteiger partial charge >= 0.3 is 12.0 Å². The fourth-order valence-corrected chi connectivity index (χ4v) is 2.43. The van der Waals surface area contributed by atoms with E-state index in [-0.39, 0.29) is 24.5 Å². The van der Waals surface area contributed by atoms with Crippen molar-refractivity contribution in [1.29, 1.82) is 0 Å². The molecule has 6 nitrogen and oxygen atoms in total. The third-order valence-electron chi connectivity index (χ3n) is 3.69. The van der Waals surface area contributed by atoms with E-state index in [0.29, 0.717) is 0 Å². The molecule has 1 heterocycles. The van der Waals surface area contributed by atoms with Gasteiger partial charge in [0.25, 0.3) is 0 Å². The first kappa shape index (κ1) is 12.2. The molecule has 6 heteroatoms. The van der Waals surface area contributed by atoms with Gasteiger partial charge in [-0.2, -0.15) is 0 Å². The Morgan fingerprint density at radius 2 is 2.06 bits per heavy atom. The molecule has 0 radical (unpaired) electrons. The predicted octanol–water partition coefficient (Wildman–Crippen LogP) is 0.158. The van der Waals surface area contributed by atoms with Crippen molar-refractivity contribution in [2.45, 2.75) is 50.3 Å². The Morgan fingerprint density at radius 3 is 2.53 bits per heavy atom. The average molecular weight is 242 g/mol. The highest BCUT2D eigenvalue weighted by Crippen LogP contribution is 2.31. The van der Waals surface area contributed by atoms with Gasteiger partial charge in [0.15, 0.2) is 0 Å². The molecule has 0 aromatic rings. The monoisotopic (exact) mass is 242 g/mol. The smallest absolute Gasteiger partial charge is 0.326 e.